The summed E-state index contributed by atoms with van der Waals surface area (Å²) in [6.45, 7) is 0.648. The first-order chi connectivity index (χ1) is 7.86. The summed E-state index contributed by atoms with van der Waals surface area (Å²) >= 11 is 0. The fourth-order valence-electron chi connectivity index (χ4n) is 1.40. The van der Waals surface area contributed by atoms with Crippen LogP contribution < -0.4 is 0 Å². The Kier molecular flexibility index (Phi) is 6.24. The smallest absolute Gasteiger partial charge is 0.144 e. The number of hydrogen-bond acceptors (Lipinski definition) is 3. The Labute approximate surface area is 96.3 Å². The summed E-state index contributed by atoms with van der Waals surface area (Å²) in [6, 6.07) is 11.9. The molecule has 0 aliphatic carbocycles. The van der Waals surface area contributed by atoms with Crippen molar-refractivity contribution < 1.29 is 9.84 Å². The standard InChI is InChI=1S/C13H17NO2/c14-10-13(8-4-5-9-15)16-11-12-6-2-1-3-7-12/h1-3,6-7,13,15H,4-5,8-9,11H2. The number of hydrogen-bond donors (Lipinski definition) is 1. The Morgan fingerprint density at radius 2 is 2.00 bits per heavy atom. The third-order valence-electron chi connectivity index (χ3n) is 2.31. The highest BCUT2D eigenvalue weighted by atomic mass is 16.5. The average Bonchev–Trinajstić information content (AvgIpc) is 2.35. The second-order valence-corrected chi connectivity index (χ2v) is 3.63. The quantitative estimate of drug-likeness (QED) is 0.716. The van der Waals surface area contributed by atoms with Crippen molar-refractivity contribution in [1.82, 2.24) is 0 Å². The van der Waals surface area contributed by atoms with Gasteiger partial charge < -0.3 is 9.84 Å². The first-order valence-corrected chi connectivity index (χ1v) is 5.53. The van der Waals surface area contributed by atoms with E-state index in [1.807, 2.05) is 30.3 Å². The molecular weight excluding hydrogens is 202 g/mol. The molecule has 0 fully saturated rings. The third-order valence-corrected chi connectivity index (χ3v) is 2.31. The molecule has 1 aromatic carbocycles. The zero-order chi connectivity index (χ0) is 11.6. The predicted octanol–water partition coefficient (Wildman–Crippen LogP) is 2.26. The van der Waals surface area contributed by atoms with Gasteiger partial charge in [0, 0.05) is 6.61 Å². The van der Waals surface area contributed by atoms with Gasteiger partial charge in [0.2, 0.25) is 0 Å². The van der Waals surface area contributed by atoms with E-state index in [2.05, 4.69) is 6.07 Å². The van der Waals surface area contributed by atoms with E-state index in [9.17, 15) is 0 Å². The van der Waals surface area contributed by atoms with Crippen molar-refractivity contribution in [3.63, 3.8) is 0 Å². The molecule has 0 aromatic heterocycles. The maximum absolute atomic E-state index is 8.87. The summed E-state index contributed by atoms with van der Waals surface area (Å²) in [5.41, 5.74) is 1.07. The third kappa shape index (κ3) is 4.92. The van der Waals surface area contributed by atoms with Crippen molar-refractivity contribution in [1.29, 1.82) is 5.26 Å². The molecule has 3 nitrogen and oxygen atoms in total. The van der Waals surface area contributed by atoms with Crippen LogP contribution in [-0.4, -0.2) is 17.8 Å². The molecule has 0 amide bonds. The van der Waals surface area contributed by atoms with Crippen molar-refractivity contribution in [2.24, 2.45) is 0 Å². The van der Waals surface area contributed by atoms with Crippen LogP contribution in [0.4, 0.5) is 0 Å². The molecule has 0 saturated heterocycles. The molecular formula is C13H17NO2. The average molecular weight is 219 g/mol. The van der Waals surface area contributed by atoms with Gasteiger partial charge in [0.1, 0.15) is 6.10 Å². The second-order valence-electron chi connectivity index (χ2n) is 3.63. The Bertz CT molecular complexity index is 318. The van der Waals surface area contributed by atoms with E-state index < -0.39 is 0 Å². The second kappa shape index (κ2) is 7.86. The number of rotatable bonds is 7. The topological polar surface area (TPSA) is 53.2 Å². The van der Waals surface area contributed by atoms with Crippen molar-refractivity contribution in [3.05, 3.63) is 35.9 Å². The Morgan fingerprint density at radius 1 is 1.25 bits per heavy atom. The van der Waals surface area contributed by atoms with E-state index >= 15 is 0 Å². The van der Waals surface area contributed by atoms with Crippen molar-refractivity contribution in [3.8, 4) is 6.07 Å². The molecule has 86 valence electrons. The lowest BCUT2D eigenvalue weighted by molar-refractivity contribution is 0.0687. The van der Waals surface area contributed by atoms with Gasteiger partial charge in [-0.1, -0.05) is 30.3 Å². The molecule has 0 bridgehead atoms. The number of unbranched alkanes of at least 4 members (excludes halogenated alkanes) is 1. The van der Waals surface area contributed by atoms with Gasteiger partial charge in [0.15, 0.2) is 0 Å². The minimum Gasteiger partial charge on any atom is -0.396 e. The molecule has 3 heteroatoms. The number of benzene rings is 1. The molecule has 1 rings (SSSR count). The summed E-state index contributed by atoms with van der Waals surface area (Å²) < 4.78 is 5.48. The Balaban J connectivity index is 2.27. The zero-order valence-corrected chi connectivity index (χ0v) is 9.30. The highest BCUT2D eigenvalue weighted by molar-refractivity contribution is 5.13. The van der Waals surface area contributed by atoms with Gasteiger partial charge in [-0.05, 0) is 24.8 Å². The summed E-state index contributed by atoms with van der Waals surface area (Å²) in [5.74, 6) is 0. The minimum absolute atomic E-state index is 0.177. The van der Waals surface area contributed by atoms with E-state index in [1.165, 1.54) is 0 Å². The molecule has 0 heterocycles. The van der Waals surface area contributed by atoms with Crippen molar-refractivity contribution in [2.75, 3.05) is 6.61 Å². The van der Waals surface area contributed by atoms with E-state index in [1.54, 1.807) is 0 Å². The van der Waals surface area contributed by atoms with Crippen molar-refractivity contribution in [2.45, 2.75) is 32.0 Å². The van der Waals surface area contributed by atoms with Crippen LogP contribution in [0.15, 0.2) is 30.3 Å². The van der Waals surface area contributed by atoms with Crippen LogP contribution in [0.2, 0.25) is 0 Å². The zero-order valence-electron chi connectivity index (χ0n) is 9.30. The maximum Gasteiger partial charge on any atom is 0.144 e. The number of nitriles is 1. The maximum atomic E-state index is 8.87. The van der Waals surface area contributed by atoms with E-state index in [4.69, 9.17) is 15.1 Å². The molecule has 0 aliphatic rings. The van der Waals surface area contributed by atoms with Crippen LogP contribution in [0.1, 0.15) is 24.8 Å². The molecule has 1 unspecified atom stereocenters. The molecule has 0 radical (unpaired) electrons. The van der Waals surface area contributed by atoms with Crippen LogP contribution in [0.5, 0.6) is 0 Å². The van der Waals surface area contributed by atoms with Crippen LogP contribution in [0.25, 0.3) is 0 Å². The molecule has 1 atom stereocenters. The van der Waals surface area contributed by atoms with Crippen LogP contribution in [-0.2, 0) is 11.3 Å². The van der Waals surface area contributed by atoms with E-state index in [0.717, 1.165) is 18.4 Å². The van der Waals surface area contributed by atoms with Gasteiger partial charge in [-0.2, -0.15) is 5.26 Å². The molecule has 16 heavy (non-hydrogen) atoms. The van der Waals surface area contributed by atoms with Crippen LogP contribution in [0.3, 0.4) is 0 Å². The summed E-state index contributed by atoms with van der Waals surface area (Å²) in [6.07, 6.45) is 1.87. The summed E-state index contributed by atoms with van der Waals surface area (Å²) in [5, 5.41) is 17.5. The van der Waals surface area contributed by atoms with Gasteiger partial charge >= 0.3 is 0 Å². The molecule has 0 aliphatic heterocycles. The van der Waals surface area contributed by atoms with Crippen molar-refractivity contribution >= 4 is 0 Å². The van der Waals surface area contributed by atoms with E-state index in [-0.39, 0.29) is 12.7 Å². The lowest BCUT2D eigenvalue weighted by atomic mass is 10.1. The minimum atomic E-state index is -0.369. The number of ether oxygens (including phenoxy) is 1. The fraction of sp³-hybridized carbons (Fsp3) is 0.462. The van der Waals surface area contributed by atoms with Gasteiger partial charge in [-0.3, -0.25) is 0 Å². The highest BCUT2D eigenvalue weighted by Gasteiger charge is 2.06. The monoisotopic (exact) mass is 219 g/mol. The van der Waals surface area contributed by atoms with Gasteiger partial charge in [0.25, 0.3) is 0 Å². The molecule has 0 saturated carbocycles. The lowest BCUT2D eigenvalue weighted by Gasteiger charge is -2.10. The molecule has 0 spiro atoms. The number of aliphatic hydroxyl groups excluding tert-OH is 1. The fourth-order valence-corrected chi connectivity index (χ4v) is 1.40. The SMILES string of the molecule is N#CC(CCCCO)OCc1ccccc1. The summed E-state index contributed by atoms with van der Waals surface area (Å²) in [4.78, 5) is 0. The largest absolute Gasteiger partial charge is 0.396 e. The first-order valence-electron chi connectivity index (χ1n) is 5.53. The van der Waals surface area contributed by atoms with Crippen LogP contribution in [0, 0.1) is 11.3 Å². The Hall–Kier alpha value is -1.37. The van der Waals surface area contributed by atoms with E-state index in [0.29, 0.717) is 13.0 Å². The highest BCUT2D eigenvalue weighted by Crippen LogP contribution is 2.08. The predicted molar refractivity (Wildman–Crippen MR) is 61.6 cm³/mol. The first kappa shape index (κ1) is 12.7. The van der Waals surface area contributed by atoms with Gasteiger partial charge in [0.05, 0.1) is 12.7 Å². The summed E-state index contributed by atoms with van der Waals surface area (Å²) in [7, 11) is 0. The van der Waals surface area contributed by atoms with Crippen LogP contribution >= 0.6 is 0 Å². The lowest BCUT2D eigenvalue weighted by Crippen LogP contribution is -2.10. The molecule has 1 N–H and O–H groups in total. The molecule has 1 aromatic rings. The number of aliphatic hydroxyl groups is 1. The van der Waals surface area contributed by atoms with Gasteiger partial charge in [-0.15, -0.1) is 0 Å². The number of nitrogens with zero attached hydrogens (tertiary/aromatic N) is 1. The normalized spacial score (nSPS) is 12.0. The Morgan fingerprint density at radius 3 is 2.62 bits per heavy atom. The van der Waals surface area contributed by atoms with Gasteiger partial charge in [-0.25, -0.2) is 0 Å².